The van der Waals surface area contributed by atoms with Crippen molar-refractivity contribution in [2.75, 3.05) is 26.9 Å². The first kappa shape index (κ1) is 18.4. The van der Waals surface area contributed by atoms with E-state index >= 15 is 0 Å². The molecule has 2 fully saturated rings. The molecule has 144 valence electrons. The van der Waals surface area contributed by atoms with E-state index in [0.29, 0.717) is 6.61 Å². The standard InChI is InChI=1S/C20H26N4O2S/c1-25-13-11-23-10-4-8-17(23)19-18(16-7-2-3-9-21-16)22-20(27)24(19)14-15-6-5-12-26-15/h2-4,7-10,15,18-19H,5-6,11-14H2,1H3,(H,22,27)/t15-,18-,19-/m1/s1. The van der Waals surface area contributed by atoms with Gasteiger partial charge >= 0.3 is 0 Å². The van der Waals surface area contributed by atoms with Crippen molar-refractivity contribution in [3.05, 3.63) is 54.1 Å². The number of aromatic nitrogens is 2. The molecule has 0 aliphatic carbocycles. The van der Waals surface area contributed by atoms with Crippen LogP contribution in [0.25, 0.3) is 0 Å². The average Bonchev–Trinajstić information content (AvgIpc) is 3.42. The zero-order valence-electron chi connectivity index (χ0n) is 15.6. The van der Waals surface area contributed by atoms with Gasteiger partial charge in [-0.3, -0.25) is 4.98 Å². The van der Waals surface area contributed by atoms with E-state index in [2.05, 4.69) is 44.2 Å². The highest BCUT2D eigenvalue weighted by molar-refractivity contribution is 7.80. The molecule has 0 aromatic carbocycles. The van der Waals surface area contributed by atoms with Crippen LogP contribution in [0.5, 0.6) is 0 Å². The summed E-state index contributed by atoms with van der Waals surface area (Å²) >= 11 is 5.73. The molecule has 4 heterocycles. The quantitative estimate of drug-likeness (QED) is 0.739. The van der Waals surface area contributed by atoms with Crippen molar-refractivity contribution in [2.45, 2.75) is 37.6 Å². The van der Waals surface area contributed by atoms with Crippen molar-refractivity contribution in [3.63, 3.8) is 0 Å². The number of hydrogen-bond donors (Lipinski definition) is 1. The number of nitrogens with zero attached hydrogens (tertiary/aromatic N) is 3. The second-order valence-corrected chi connectivity index (χ2v) is 7.42. The number of methoxy groups -OCH3 is 1. The summed E-state index contributed by atoms with van der Waals surface area (Å²) in [7, 11) is 1.73. The summed E-state index contributed by atoms with van der Waals surface area (Å²) in [6.45, 7) is 3.13. The molecule has 1 N–H and O–H groups in total. The van der Waals surface area contributed by atoms with Crippen LogP contribution >= 0.6 is 12.2 Å². The minimum atomic E-state index is 0.0105. The first-order valence-electron chi connectivity index (χ1n) is 9.51. The fraction of sp³-hybridized carbons (Fsp3) is 0.500. The highest BCUT2D eigenvalue weighted by atomic mass is 32.1. The molecular weight excluding hydrogens is 360 g/mol. The molecule has 0 unspecified atom stereocenters. The maximum Gasteiger partial charge on any atom is 0.170 e. The molecule has 2 saturated heterocycles. The molecule has 2 aliphatic rings. The molecule has 27 heavy (non-hydrogen) atoms. The molecule has 3 atom stereocenters. The number of pyridine rings is 1. The smallest absolute Gasteiger partial charge is 0.170 e. The Bertz CT molecular complexity index is 760. The largest absolute Gasteiger partial charge is 0.383 e. The molecule has 4 rings (SSSR count). The molecule has 0 saturated carbocycles. The van der Waals surface area contributed by atoms with Crippen LogP contribution < -0.4 is 5.32 Å². The molecule has 7 heteroatoms. The Hall–Kier alpha value is -1.96. The first-order chi connectivity index (χ1) is 13.3. The minimum Gasteiger partial charge on any atom is -0.383 e. The average molecular weight is 387 g/mol. The monoisotopic (exact) mass is 386 g/mol. The summed E-state index contributed by atoms with van der Waals surface area (Å²) < 4.78 is 13.4. The van der Waals surface area contributed by atoms with Crippen LogP contribution in [0, 0.1) is 0 Å². The van der Waals surface area contributed by atoms with Gasteiger partial charge < -0.3 is 24.3 Å². The lowest BCUT2D eigenvalue weighted by Gasteiger charge is -2.30. The lowest BCUT2D eigenvalue weighted by Crippen LogP contribution is -2.37. The van der Waals surface area contributed by atoms with Crippen molar-refractivity contribution in [2.24, 2.45) is 0 Å². The zero-order valence-corrected chi connectivity index (χ0v) is 16.4. The van der Waals surface area contributed by atoms with E-state index in [0.717, 1.165) is 43.3 Å². The lowest BCUT2D eigenvalue weighted by molar-refractivity contribution is 0.0831. The van der Waals surface area contributed by atoms with Crippen molar-refractivity contribution in [1.29, 1.82) is 0 Å². The summed E-state index contributed by atoms with van der Waals surface area (Å²) in [5, 5.41) is 4.28. The summed E-state index contributed by atoms with van der Waals surface area (Å²) in [6.07, 6.45) is 6.39. The van der Waals surface area contributed by atoms with Crippen molar-refractivity contribution in [1.82, 2.24) is 19.8 Å². The highest BCUT2D eigenvalue weighted by Crippen LogP contribution is 2.39. The van der Waals surface area contributed by atoms with Crippen molar-refractivity contribution in [3.8, 4) is 0 Å². The summed E-state index contributed by atoms with van der Waals surface area (Å²) in [5.41, 5.74) is 2.22. The number of ether oxygens (including phenoxy) is 2. The molecule has 2 aliphatic heterocycles. The Balaban J connectivity index is 1.67. The third-order valence-corrected chi connectivity index (χ3v) is 5.68. The Morgan fingerprint density at radius 3 is 3.00 bits per heavy atom. The third kappa shape index (κ3) is 3.85. The third-order valence-electron chi connectivity index (χ3n) is 5.33. The minimum absolute atomic E-state index is 0.0105. The van der Waals surface area contributed by atoms with Gasteiger partial charge in [0.2, 0.25) is 0 Å². The molecule has 2 aromatic rings. The van der Waals surface area contributed by atoms with Crippen LogP contribution in [0.15, 0.2) is 42.7 Å². The number of hydrogen-bond acceptors (Lipinski definition) is 4. The van der Waals surface area contributed by atoms with Crippen molar-refractivity contribution < 1.29 is 9.47 Å². The Kier molecular flexibility index (Phi) is 5.71. The normalized spacial score (nSPS) is 25.1. The summed E-state index contributed by atoms with van der Waals surface area (Å²) in [5.74, 6) is 0. The first-order valence-corrected chi connectivity index (χ1v) is 9.92. The van der Waals surface area contributed by atoms with E-state index < -0.39 is 0 Å². The van der Waals surface area contributed by atoms with Crippen LogP contribution in [0.3, 0.4) is 0 Å². The lowest BCUT2D eigenvalue weighted by atomic mass is 10.0. The number of nitrogens with one attached hydrogen (secondary N) is 1. The molecule has 0 radical (unpaired) electrons. The Labute approximate surface area is 165 Å². The summed E-state index contributed by atoms with van der Waals surface area (Å²) in [6, 6.07) is 10.4. The SMILES string of the molecule is COCCn1cccc1[C@@H]1[C@@H](c2ccccn2)NC(=S)N1C[C@H]1CCCO1. The summed E-state index contributed by atoms with van der Waals surface area (Å²) in [4.78, 5) is 6.88. The van der Waals surface area contributed by atoms with Crippen molar-refractivity contribution >= 4 is 17.3 Å². The van der Waals surface area contributed by atoms with Gasteiger partial charge in [-0.25, -0.2) is 0 Å². The molecule has 2 aromatic heterocycles. The molecule has 0 spiro atoms. The fourth-order valence-electron chi connectivity index (χ4n) is 4.02. The van der Waals surface area contributed by atoms with Crippen LogP contribution in [-0.4, -0.2) is 52.5 Å². The maximum atomic E-state index is 5.89. The molecule has 6 nitrogen and oxygen atoms in total. The molecular formula is C20H26N4O2S. The van der Waals surface area contributed by atoms with Gasteiger partial charge in [-0.05, 0) is 49.3 Å². The second-order valence-electron chi connectivity index (χ2n) is 7.03. The van der Waals surface area contributed by atoms with E-state index in [-0.39, 0.29) is 18.2 Å². The van der Waals surface area contributed by atoms with Gasteiger partial charge in [-0.1, -0.05) is 6.07 Å². The van der Waals surface area contributed by atoms with Gasteiger partial charge in [0.15, 0.2) is 5.11 Å². The van der Waals surface area contributed by atoms with E-state index in [4.69, 9.17) is 21.7 Å². The molecule has 0 amide bonds. The Morgan fingerprint density at radius 1 is 1.33 bits per heavy atom. The number of thiocarbonyl (C=S) groups is 1. The van der Waals surface area contributed by atoms with Gasteiger partial charge in [-0.2, -0.15) is 0 Å². The fourth-order valence-corrected chi connectivity index (χ4v) is 4.34. The van der Waals surface area contributed by atoms with Crippen LogP contribution in [0.4, 0.5) is 0 Å². The predicted octanol–water partition coefficient (Wildman–Crippen LogP) is 2.68. The van der Waals surface area contributed by atoms with Gasteiger partial charge in [0.25, 0.3) is 0 Å². The van der Waals surface area contributed by atoms with Crippen LogP contribution in [-0.2, 0) is 16.0 Å². The zero-order chi connectivity index (χ0) is 18.6. The van der Waals surface area contributed by atoms with E-state index in [9.17, 15) is 0 Å². The predicted molar refractivity (Wildman–Crippen MR) is 107 cm³/mol. The molecule has 0 bridgehead atoms. The van der Waals surface area contributed by atoms with Gasteiger partial charge in [-0.15, -0.1) is 0 Å². The van der Waals surface area contributed by atoms with E-state index in [1.54, 1.807) is 7.11 Å². The number of rotatable bonds is 7. The van der Waals surface area contributed by atoms with Crippen LogP contribution in [0.2, 0.25) is 0 Å². The maximum absolute atomic E-state index is 5.89. The highest BCUT2D eigenvalue weighted by Gasteiger charge is 2.42. The topological polar surface area (TPSA) is 51.5 Å². The van der Waals surface area contributed by atoms with E-state index in [1.807, 2.05) is 18.3 Å². The van der Waals surface area contributed by atoms with Gasteiger partial charge in [0, 0.05) is 44.9 Å². The van der Waals surface area contributed by atoms with Crippen LogP contribution in [0.1, 0.15) is 36.3 Å². The second kappa shape index (κ2) is 8.37. The van der Waals surface area contributed by atoms with Gasteiger partial charge in [0.05, 0.1) is 30.5 Å². The van der Waals surface area contributed by atoms with Gasteiger partial charge in [0.1, 0.15) is 0 Å². The van der Waals surface area contributed by atoms with E-state index in [1.165, 1.54) is 5.69 Å². The Morgan fingerprint density at radius 2 is 2.26 bits per heavy atom.